The maximum Gasteiger partial charge on any atom is 0.233 e. The molecule has 0 spiro atoms. The summed E-state index contributed by atoms with van der Waals surface area (Å²) < 4.78 is 13.8. The first kappa shape index (κ1) is 16.3. The van der Waals surface area contributed by atoms with Crippen LogP contribution in [-0.2, 0) is 11.3 Å². The summed E-state index contributed by atoms with van der Waals surface area (Å²) in [6, 6.07) is 4.49. The van der Waals surface area contributed by atoms with Crippen LogP contribution in [0.25, 0.3) is 0 Å². The SMILES string of the molecule is CN(Cc1c(F)cccc1Cl)C(=O)CSc1n[nH]c(C2CC2)n1. The summed E-state index contributed by atoms with van der Waals surface area (Å²) in [5, 5.41) is 7.88. The van der Waals surface area contributed by atoms with Crippen LogP contribution in [-0.4, -0.2) is 38.8 Å². The maximum absolute atomic E-state index is 13.8. The third kappa shape index (κ3) is 4.03. The van der Waals surface area contributed by atoms with E-state index < -0.39 is 5.82 Å². The van der Waals surface area contributed by atoms with Crippen LogP contribution in [0.15, 0.2) is 23.4 Å². The van der Waals surface area contributed by atoms with Crippen LogP contribution in [0.3, 0.4) is 0 Å². The van der Waals surface area contributed by atoms with E-state index in [9.17, 15) is 9.18 Å². The van der Waals surface area contributed by atoms with Gasteiger partial charge in [0.1, 0.15) is 11.6 Å². The molecule has 1 fully saturated rings. The van der Waals surface area contributed by atoms with Crippen molar-refractivity contribution in [3.05, 3.63) is 40.4 Å². The largest absolute Gasteiger partial charge is 0.341 e. The molecule has 0 saturated heterocycles. The Balaban J connectivity index is 1.54. The zero-order chi connectivity index (χ0) is 16.4. The second kappa shape index (κ2) is 6.88. The molecule has 1 aromatic carbocycles. The topological polar surface area (TPSA) is 61.9 Å². The minimum Gasteiger partial charge on any atom is -0.341 e. The van der Waals surface area contributed by atoms with Crippen molar-refractivity contribution in [3.8, 4) is 0 Å². The van der Waals surface area contributed by atoms with Gasteiger partial charge in [-0.05, 0) is 25.0 Å². The average Bonchev–Trinajstić information content (AvgIpc) is 3.27. The van der Waals surface area contributed by atoms with Crippen LogP contribution in [0.1, 0.15) is 30.1 Å². The standard InChI is InChI=1S/C15H16ClFN4OS/c1-21(7-10-11(16)3-2-4-12(10)17)13(22)8-23-15-18-14(19-20-15)9-5-6-9/h2-4,9H,5-8H2,1H3,(H,18,19,20). The number of halogens is 2. The molecule has 122 valence electrons. The summed E-state index contributed by atoms with van der Waals surface area (Å²) in [7, 11) is 1.62. The van der Waals surface area contributed by atoms with Crippen molar-refractivity contribution >= 4 is 29.3 Å². The summed E-state index contributed by atoms with van der Waals surface area (Å²) in [4.78, 5) is 18.0. The molecule has 8 heteroatoms. The Kier molecular flexibility index (Phi) is 4.87. The smallest absolute Gasteiger partial charge is 0.233 e. The highest BCUT2D eigenvalue weighted by atomic mass is 35.5. The highest BCUT2D eigenvalue weighted by Crippen LogP contribution is 2.38. The van der Waals surface area contributed by atoms with Crippen molar-refractivity contribution in [2.45, 2.75) is 30.5 Å². The Morgan fingerprint density at radius 3 is 3.00 bits per heavy atom. The fraction of sp³-hybridized carbons (Fsp3) is 0.400. The van der Waals surface area contributed by atoms with Crippen molar-refractivity contribution in [1.82, 2.24) is 20.1 Å². The van der Waals surface area contributed by atoms with Gasteiger partial charge in [0.15, 0.2) is 0 Å². The summed E-state index contributed by atoms with van der Waals surface area (Å²) in [5.74, 6) is 1.05. The molecule has 23 heavy (non-hydrogen) atoms. The zero-order valence-electron chi connectivity index (χ0n) is 12.6. The van der Waals surface area contributed by atoms with Crippen LogP contribution < -0.4 is 0 Å². The Morgan fingerprint density at radius 1 is 1.52 bits per heavy atom. The van der Waals surface area contributed by atoms with Gasteiger partial charge in [-0.1, -0.05) is 29.4 Å². The molecule has 0 radical (unpaired) electrons. The molecule has 0 unspecified atom stereocenters. The molecule has 1 heterocycles. The zero-order valence-corrected chi connectivity index (χ0v) is 14.1. The van der Waals surface area contributed by atoms with Crippen molar-refractivity contribution in [1.29, 1.82) is 0 Å². The van der Waals surface area contributed by atoms with Crippen LogP contribution in [0.5, 0.6) is 0 Å². The molecule has 0 atom stereocenters. The number of nitrogens with one attached hydrogen (secondary N) is 1. The number of nitrogens with zero attached hydrogens (tertiary/aromatic N) is 3. The normalized spacial score (nSPS) is 14.0. The number of H-pyrrole nitrogens is 1. The Morgan fingerprint density at radius 2 is 2.30 bits per heavy atom. The first-order valence-electron chi connectivity index (χ1n) is 7.26. The Bertz CT molecular complexity index is 699. The highest BCUT2D eigenvalue weighted by molar-refractivity contribution is 7.99. The number of hydrogen-bond acceptors (Lipinski definition) is 4. The van der Waals surface area contributed by atoms with E-state index in [1.807, 2.05) is 0 Å². The molecule has 1 aliphatic carbocycles. The van der Waals surface area contributed by atoms with E-state index in [0.717, 1.165) is 18.7 Å². The van der Waals surface area contributed by atoms with E-state index in [1.54, 1.807) is 19.2 Å². The molecule has 5 nitrogen and oxygen atoms in total. The van der Waals surface area contributed by atoms with Crippen LogP contribution in [0, 0.1) is 5.82 Å². The molecular weight excluding hydrogens is 339 g/mol. The van der Waals surface area contributed by atoms with Crippen LogP contribution in [0.4, 0.5) is 4.39 Å². The third-order valence-corrected chi connectivity index (χ3v) is 4.84. The summed E-state index contributed by atoms with van der Waals surface area (Å²) in [6.45, 7) is 0.131. The van der Waals surface area contributed by atoms with Gasteiger partial charge in [0.25, 0.3) is 0 Å². The van der Waals surface area contributed by atoms with E-state index in [4.69, 9.17) is 11.6 Å². The quantitative estimate of drug-likeness (QED) is 0.809. The lowest BCUT2D eigenvalue weighted by molar-refractivity contribution is -0.127. The highest BCUT2D eigenvalue weighted by Gasteiger charge is 2.27. The molecule has 1 saturated carbocycles. The number of benzene rings is 1. The summed E-state index contributed by atoms with van der Waals surface area (Å²) >= 11 is 7.25. The number of carbonyl (C=O) groups is 1. The summed E-state index contributed by atoms with van der Waals surface area (Å²) in [5.41, 5.74) is 0.323. The van der Waals surface area contributed by atoms with Gasteiger partial charge in [-0.2, -0.15) is 0 Å². The molecule has 1 aromatic heterocycles. The number of carbonyl (C=O) groups excluding carboxylic acids is 1. The van der Waals surface area contributed by atoms with Gasteiger partial charge in [0, 0.05) is 30.1 Å². The molecule has 1 amide bonds. The lowest BCUT2D eigenvalue weighted by Crippen LogP contribution is -2.28. The predicted octanol–water partition coefficient (Wildman–Crippen LogP) is 3.23. The third-order valence-electron chi connectivity index (χ3n) is 3.65. The molecule has 0 bridgehead atoms. The molecule has 1 aliphatic rings. The van der Waals surface area contributed by atoms with E-state index in [0.29, 0.717) is 21.7 Å². The summed E-state index contributed by atoms with van der Waals surface area (Å²) in [6.07, 6.45) is 2.29. The van der Waals surface area contributed by atoms with Crippen molar-refractivity contribution in [2.75, 3.05) is 12.8 Å². The Hall–Kier alpha value is -1.60. The lowest BCUT2D eigenvalue weighted by Gasteiger charge is -2.18. The molecule has 1 N–H and O–H groups in total. The number of hydrogen-bond donors (Lipinski definition) is 1. The molecule has 3 rings (SSSR count). The van der Waals surface area contributed by atoms with E-state index in [2.05, 4.69) is 15.2 Å². The number of aromatic amines is 1. The van der Waals surface area contributed by atoms with E-state index in [-0.39, 0.29) is 18.2 Å². The fourth-order valence-corrected chi connectivity index (χ4v) is 3.08. The monoisotopic (exact) mass is 354 g/mol. The van der Waals surface area contributed by atoms with Gasteiger partial charge in [-0.25, -0.2) is 9.37 Å². The first-order chi connectivity index (χ1) is 11.0. The maximum atomic E-state index is 13.8. The number of aromatic nitrogens is 3. The molecule has 2 aromatic rings. The molecular formula is C15H16ClFN4OS. The molecule has 0 aliphatic heterocycles. The Labute approximate surface area is 142 Å². The van der Waals surface area contributed by atoms with Crippen LogP contribution >= 0.6 is 23.4 Å². The van der Waals surface area contributed by atoms with Crippen molar-refractivity contribution in [3.63, 3.8) is 0 Å². The van der Waals surface area contributed by atoms with Crippen LogP contribution in [0.2, 0.25) is 5.02 Å². The van der Waals surface area contributed by atoms with Gasteiger partial charge in [-0.15, -0.1) is 5.10 Å². The van der Waals surface area contributed by atoms with E-state index >= 15 is 0 Å². The number of thioether (sulfide) groups is 1. The minimum atomic E-state index is -0.409. The fourth-order valence-electron chi connectivity index (χ4n) is 2.11. The second-order valence-electron chi connectivity index (χ2n) is 5.52. The first-order valence-corrected chi connectivity index (χ1v) is 8.63. The van der Waals surface area contributed by atoms with Crippen molar-refractivity contribution in [2.24, 2.45) is 0 Å². The minimum absolute atomic E-state index is 0.131. The lowest BCUT2D eigenvalue weighted by atomic mass is 10.2. The van der Waals surface area contributed by atoms with Crippen molar-refractivity contribution < 1.29 is 9.18 Å². The second-order valence-corrected chi connectivity index (χ2v) is 6.87. The van der Waals surface area contributed by atoms with Gasteiger partial charge in [0.05, 0.1) is 5.75 Å². The average molecular weight is 355 g/mol. The van der Waals surface area contributed by atoms with Gasteiger partial charge in [0.2, 0.25) is 11.1 Å². The number of rotatable bonds is 6. The van der Waals surface area contributed by atoms with Gasteiger partial charge < -0.3 is 4.90 Å². The number of amides is 1. The van der Waals surface area contributed by atoms with Gasteiger partial charge in [-0.3, -0.25) is 9.89 Å². The van der Waals surface area contributed by atoms with Gasteiger partial charge >= 0.3 is 0 Å². The predicted molar refractivity (Wildman–Crippen MR) is 87.0 cm³/mol. The van der Waals surface area contributed by atoms with E-state index in [1.165, 1.54) is 22.7 Å².